The minimum absolute atomic E-state index is 0.00455. The molecule has 0 aliphatic heterocycles. The zero-order valence-electron chi connectivity index (χ0n) is 11.8. The summed E-state index contributed by atoms with van der Waals surface area (Å²) in [4.78, 5) is 11.8. The summed E-state index contributed by atoms with van der Waals surface area (Å²) in [6, 6.07) is 10.8. The molecular formula is C16H23NO2. The number of ether oxygens (including phenoxy) is 1. The van der Waals surface area contributed by atoms with Crippen molar-refractivity contribution in [3.05, 3.63) is 35.9 Å². The van der Waals surface area contributed by atoms with Gasteiger partial charge in [-0.05, 0) is 25.3 Å². The van der Waals surface area contributed by atoms with Crippen LogP contribution in [0.1, 0.15) is 44.2 Å². The van der Waals surface area contributed by atoms with E-state index in [2.05, 4.69) is 24.4 Å². The van der Waals surface area contributed by atoms with E-state index in [0.29, 0.717) is 0 Å². The predicted molar refractivity (Wildman–Crippen MR) is 75.8 cm³/mol. The van der Waals surface area contributed by atoms with Crippen molar-refractivity contribution < 1.29 is 9.53 Å². The van der Waals surface area contributed by atoms with Crippen LogP contribution in [0.4, 0.5) is 0 Å². The van der Waals surface area contributed by atoms with E-state index in [4.69, 9.17) is 4.74 Å². The molecule has 19 heavy (non-hydrogen) atoms. The maximum Gasteiger partial charge on any atom is 0.310 e. The van der Waals surface area contributed by atoms with Crippen LogP contribution in [-0.2, 0) is 9.53 Å². The molecule has 1 saturated carbocycles. The van der Waals surface area contributed by atoms with Gasteiger partial charge in [0.25, 0.3) is 0 Å². The molecule has 3 heteroatoms. The first kappa shape index (κ1) is 14.1. The van der Waals surface area contributed by atoms with Crippen LogP contribution in [0.3, 0.4) is 0 Å². The summed E-state index contributed by atoms with van der Waals surface area (Å²) in [5.41, 5.74) is 1.26. The SMILES string of the molecule is COC(=O)C1CCCCC1NC(C)c1ccccc1. The van der Waals surface area contributed by atoms with Crippen LogP contribution in [-0.4, -0.2) is 19.1 Å². The van der Waals surface area contributed by atoms with Crippen molar-refractivity contribution in [1.29, 1.82) is 0 Å². The van der Waals surface area contributed by atoms with Gasteiger partial charge in [0.15, 0.2) is 0 Å². The molecule has 0 heterocycles. The number of methoxy groups -OCH3 is 1. The number of hydrogen-bond donors (Lipinski definition) is 1. The van der Waals surface area contributed by atoms with E-state index in [1.165, 1.54) is 19.1 Å². The number of carbonyl (C=O) groups is 1. The van der Waals surface area contributed by atoms with Crippen LogP contribution in [0.5, 0.6) is 0 Å². The Hall–Kier alpha value is -1.35. The molecule has 1 aromatic carbocycles. The number of rotatable bonds is 4. The lowest BCUT2D eigenvalue weighted by molar-refractivity contribution is -0.147. The van der Waals surface area contributed by atoms with E-state index in [0.717, 1.165) is 19.3 Å². The maximum absolute atomic E-state index is 11.8. The fourth-order valence-electron chi connectivity index (χ4n) is 2.92. The molecule has 0 saturated heterocycles. The summed E-state index contributed by atoms with van der Waals surface area (Å²) < 4.78 is 4.93. The van der Waals surface area contributed by atoms with E-state index in [9.17, 15) is 4.79 Å². The van der Waals surface area contributed by atoms with E-state index >= 15 is 0 Å². The van der Waals surface area contributed by atoms with Crippen LogP contribution in [0, 0.1) is 5.92 Å². The molecule has 2 rings (SSSR count). The molecule has 0 amide bonds. The van der Waals surface area contributed by atoms with Gasteiger partial charge in [-0.2, -0.15) is 0 Å². The lowest BCUT2D eigenvalue weighted by atomic mass is 9.84. The van der Waals surface area contributed by atoms with Gasteiger partial charge in [-0.25, -0.2) is 0 Å². The molecule has 0 bridgehead atoms. The highest BCUT2D eigenvalue weighted by Gasteiger charge is 2.32. The second-order valence-electron chi connectivity index (χ2n) is 5.32. The Morgan fingerprint density at radius 3 is 2.63 bits per heavy atom. The molecule has 1 fully saturated rings. The highest BCUT2D eigenvalue weighted by molar-refractivity contribution is 5.73. The van der Waals surface area contributed by atoms with Crippen molar-refractivity contribution in [3.8, 4) is 0 Å². The van der Waals surface area contributed by atoms with Gasteiger partial charge >= 0.3 is 5.97 Å². The first-order valence-electron chi connectivity index (χ1n) is 7.11. The standard InChI is InChI=1S/C16H23NO2/c1-12(13-8-4-3-5-9-13)17-15-11-7-6-10-14(15)16(18)19-2/h3-5,8-9,12,14-15,17H,6-7,10-11H2,1-2H3. The largest absolute Gasteiger partial charge is 0.469 e. The second kappa shape index (κ2) is 6.71. The third kappa shape index (κ3) is 3.57. The Labute approximate surface area is 115 Å². The summed E-state index contributed by atoms with van der Waals surface area (Å²) in [6.45, 7) is 2.15. The van der Waals surface area contributed by atoms with Crippen LogP contribution in [0.25, 0.3) is 0 Å². The van der Waals surface area contributed by atoms with Crippen LogP contribution >= 0.6 is 0 Å². The molecule has 3 atom stereocenters. The van der Waals surface area contributed by atoms with E-state index in [-0.39, 0.29) is 24.0 Å². The van der Waals surface area contributed by atoms with Crippen molar-refractivity contribution in [1.82, 2.24) is 5.32 Å². The highest BCUT2D eigenvalue weighted by Crippen LogP contribution is 2.27. The fourth-order valence-corrected chi connectivity index (χ4v) is 2.92. The summed E-state index contributed by atoms with van der Waals surface area (Å²) in [5.74, 6) is -0.0672. The Morgan fingerprint density at radius 1 is 1.26 bits per heavy atom. The van der Waals surface area contributed by atoms with E-state index in [1.54, 1.807) is 0 Å². The number of carbonyl (C=O) groups excluding carboxylic acids is 1. The van der Waals surface area contributed by atoms with Gasteiger partial charge < -0.3 is 10.1 Å². The maximum atomic E-state index is 11.8. The first-order chi connectivity index (χ1) is 9.22. The smallest absolute Gasteiger partial charge is 0.310 e. The lowest BCUT2D eigenvalue weighted by Crippen LogP contribution is -2.43. The summed E-state index contributed by atoms with van der Waals surface area (Å²) in [6.07, 6.45) is 4.30. The van der Waals surface area contributed by atoms with E-state index in [1.807, 2.05) is 18.2 Å². The van der Waals surface area contributed by atoms with Gasteiger partial charge in [-0.1, -0.05) is 43.2 Å². The molecule has 0 aromatic heterocycles. The Kier molecular flexibility index (Phi) is 4.97. The molecule has 1 N–H and O–H groups in total. The molecule has 1 aliphatic carbocycles. The highest BCUT2D eigenvalue weighted by atomic mass is 16.5. The molecule has 3 unspecified atom stereocenters. The summed E-state index contributed by atoms with van der Waals surface area (Å²) in [5, 5.41) is 3.60. The molecule has 104 valence electrons. The van der Waals surface area contributed by atoms with Crippen molar-refractivity contribution in [2.45, 2.75) is 44.7 Å². The second-order valence-corrected chi connectivity index (χ2v) is 5.32. The molecular weight excluding hydrogens is 238 g/mol. The molecule has 0 spiro atoms. The van der Waals surface area contributed by atoms with Gasteiger partial charge in [-0.3, -0.25) is 4.79 Å². The zero-order valence-corrected chi connectivity index (χ0v) is 11.8. The van der Waals surface area contributed by atoms with Crippen molar-refractivity contribution in [2.24, 2.45) is 5.92 Å². The minimum atomic E-state index is -0.0718. The summed E-state index contributed by atoms with van der Waals surface area (Å²) in [7, 11) is 1.48. The van der Waals surface area contributed by atoms with Gasteiger partial charge in [-0.15, -0.1) is 0 Å². The van der Waals surface area contributed by atoms with Gasteiger partial charge in [0.1, 0.15) is 0 Å². The summed E-state index contributed by atoms with van der Waals surface area (Å²) >= 11 is 0. The number of nitrogens with one attached hydrogen (secondary N) is 1. The average molecular weight is 261 g/mol. The Morgan fingerprint density at radius 2 is 1.95 bits per heavy atom. The average Bonchev–Trinajstić information content (AvgIpc) is 2.48. The van der Waals surface area contributed by atoms with Crippen molar-refractivity contribution in [2.75, 3.05) is 7.11 Å². The normalized spacial score (nSPS) is 24.7. The Bertz CT molecular complexity index is 404. The molecule has 3 nitrogen and oxygen atoms in total. The topological polar surface area (TPSA) is 38.3 Å². The van der Waals surface area contributed by atoms with Gasteiger partial charge in [0, 0.05) is 12.1 Å². The third-order valence-corrected chi connectivity index (χ3v) is 4.03. The quantitative estimate of drug-likeness (QED) is 0.847. The van der Waals surface area contributed by atoms with Crippen molar-refractivity contribution >= 4 is 5.97 Å². The number of benzene rings is 1. The lowest BCUT2D eigenvalue weighted by Gasteiger charge is -2.32. The third-order valence-electron chi connectivity index (χ3n) is 4.03. The fraction of sp³-hybridized carbons (Fsp3) is 0.562. The molecule has 1 aromatic rings. The van der Waals surface area contributed by atoms with Crippen LogP contribution in [0.2, 0.25) is 0 Å². The minimum Gasteiger partial charge on any atom is -0.469 e. The van der Waals surface area contributed by atoms with Crippen molar-refractivity contribution in [3.63, 3.8) is 0 Å². The monoisotopic (exact) mass is 261 g/mol. The molecule has 0 radical (unpaired) electrons. The van der Waals surface area contributed by atoms with Gasteiger partial charge in [0.05, 0.1) is 13.0 Å². The first-order valence-corrected chi connectivity index (χ1v) is 7.11. The van der Waals surface area contributed by atoms with Gasteiger partial charge in [0.2, 0.25) is 0 Å². The number of hydrogen-bond acceptors (Lipinski definition) is 3. The van der Waals surface area contributed by atoms with E-state index < -0.39 is 0 Å². The molecule has 1 aliphatic rings. The zero-order chi connectivity index (χ0) is 13.7. The van der Waals surface area contributed by atoms with Crippen LogP contribution < -0.4 is 5.32 Å². The Balaban J connectivity index is 2.01. The number of esters is 1. The van der Waals surface area contributed by atoms with Crippen LogP contribution in [0.15, 0.2) is 30.3 Å². The predicted octanol–water partition coefficient (Wildman–Crippen LogP) is 3.07.